The second-order valence-electron chi connectivity index (χ2n) is 10.2. The molecular formula is C31H21Cl2N3O4. The number of hydrogen-bond acceptors (Lipinski definition) is 5. The van der Waals surface area contributed by atoms with E-state index in [2.05, 4.69) is 10.5 Å². The van der Waals surface area contributed by atoms with E-state index >= 15 is 0 Å². The van der Waals surface area contributed by atoms with Gasteiger partial charge in [-0.2, -0.15) is 5.10 Å². The Morgan fingerprint density at radius 1 is 0.950 bits per heavy atom. The molecule has 3 amide bonds. The molecule has 1 aliphatic heterocycles. The van der Waals surface area contributed by atoms with E-state index in [4.69, 9.17) is 27.6 Å². The molecule has 0 radical (unpaired) electrons. The molecule has 198 valence electrons. The van der Waals surface area contributed by atoms with Gasteiger partial charge >= 0.3 is 5.91 Å². The fourth-order valence-electron chi connectivity index (χ4n) is 6.75. The van der Waals surface area contributed by atoms with E-state index < -0.39 is 23.2 Å². The van der Waals surface area contributed by atoms with Gasteiger partial charge in [0, 0.05) is 17.2 Å². The SMILES string of the molecule is Cc1ccc(C(=O)N/N=C\C23c4ccccc4C(c4ccccc42)[C@@H]2C(=O)N(c4ccc(Cl)cc4Cl)C(=O)[C@H]23)o1. The minimum absolute atomic E-state index is 0.119. The predicted molar refractivity (Wildman–Crippen MR) is 151 cm³/mol. The van der Waals surface area contributed by atoms with E-state index in [-0.39, 0.29) is 34.2 Å². The Hall–Kier alpha value is -4.20. The monoisotopic (exact) mass is 569 g/mol. The first-order valence-corrected chi connectivity index (χ1v) is 13.5. The molecule has 4 aromatic rings. The van der Waals surface area contributed by atoms with Crippen molar-refractivity contribution in [2.75, 3.05) is 4.90 Å². The first-order valence-electron chi connectivity index (χ1n) is 12.8. The molecule has 1 N–H and O–H groups in total. The summed E-state index contributed by atoms with van der Waals surface area (Å²) in [5.74, 6) is -2.36. The molecule has 9 heteroatoms. The van der Waals surface area contributed by atoms with E-state index in [0.29, 0.717) is 10.8 Å². The largest absolute Gasteiger partial charge is 0.456 e. The van der Waals surface area contributed by atoms with Gasteiger partial charge in [0.15, 0.2) is 5.76 Å². The normalized spacial score (nSPS) is 24.3. The van der Waals surface area contributed by atoms with Gasteiger partial charge in [-0.15, -0.1) is 0 Å². The summed E-state index contributed by atoms with van der Waals surface area (Å²) in [7, 11) is 0. The van der Waals surface area contributed by atoms with Gasteiger partial charge in [0.1, 0.15) is 5.76 Å². The van der Waals surface area contributed by atoms with E-state index in [1.54, 1.807) is 37.4 Å². The summed E-state index contributed by atoms with van der Waals surface area (Å²) >= 11 is 12.6. The lowest BCUT2D eigenvalue weighted by Crippen LogP contribution is -2.54. The summed E-state index contributed by atoms with van der Waals surface area (Å²) in [5.41, 5.74) is 5.36. The number of carbonyl (C=O) groups excluding carboxylic acids is 3. The van der Waals surface area contributed by atoms with Crippen LogP contribution in [0.15, 0.2) is 88.4 Å². The Bertz CT molecular complexity index is 1730. The van der Waals surface area contributed by atoms with Gasteiger partial charge < -0.3 is 4.42 Å². The maximum atomic E-state index is 14.4. The number of furan rings is 1. The van der Waals surface area contributed by atoms with E-state index in [9.17, 15) is 14.4 Å². The number of hydrogen-bond donors (Lipinski definition) is 1. The molecule has 2 heterocycles. The number of carbonyl (C=O) groups is 3. The first kappa shape index (κ1) is 24.8. The number of aryl methyl sites for hydroxylation is 1. The molecule has 0 unspecified atom stereocenters. The highest BCUT2D eigenvalue weighted by atomic mass is 35.5. The zero-order valence-electron chi connectivity index (χ0n) is 21.1. The average molecular weight is 570 g/mol. The zero-order valence-corrected chi connectivity index (χ0v) is 22.6. The number of imide groups is 1. The van der Waals surface area contributed by atoms with Crippen molar-refractivity contribution >= 4 is 52.8 Å². The lowest BCUT2D eigenvalue weighted by molar-refractivity contribution is -0.122. The minimum Gasteiger partial charge on any atom is -0.456 e. The number of rotatable bonds is 4. The number of hydrazone groups is 1. The van der Waals surface area contributed by atoms with Gasteiger partial charge in [-0.05, 0) is 59.5 Å². The van der Waals surface area contributed by atoms with Gasteiger partial charge in [0.05, 0.1) is 28.0 Å². The Kier molecular flexibility index (Phi) is 5.53. The molecular weight excluding hydrogens is 549 g/mol. The highest BCUT2D eigenvalue weighted by Crippen LogP contribution is 2.63. The number of amides is 3. The van der Waals surface area contributed by atoms with Crippen LogP contribution in [-0.4, -0.2) is 23.9 Å². The third-order valence-electron chi connectivity index (χ3n) is 8.23. The Morgan fingerprint density at radius 2 is 1.62 bits per heavy atom. The molecule has 4 aliphatic rings. The molecule has 8 rings (SSSR count). The van der Waals surface area contributed by atoms with Gasteiger partial charge in [0.2, 0.25) is 11.8 Å². The molecule has 1 fully saturated rings. The van der Waals surface area contributed by atoms with Gasteiger partial charge in [-0.25, -0.2) is 10.3 Å². The summed E-state index contributed by atoms with van der Waals surface area (Å²) < 4.78 is 5.43. The second kappa shape index (κ2) is 8.91. The lowest BCUT2D eigenvalue weighted by Gasteiger charge is -2.52. The Labute approximate surface area is 239 Å². The summed E-state index contributed by atoms with van der Waals surface area (Å²) in [5, 5.41) is 4.99. The van der Waals surface area contributed by atoms with Crippen LogP contribution < -0.4 is 10.3 Å². The zero-order chi connectivity index (χ0) is 27.8. The summed E-state index contributed by atoms with van der Waals surface area (Å²) in [6.07, 6.45) is 1.60. The van der Waals surface area contributed by atoms with Crippen LogP contribution in [0.2, 0.25) is 10.0 Å². The van der Waals surface area contributed by atoms with Gasteiger partial charge in [-0.3, -0.25) is 14.4 Å². The Balaban J connectivity index is 1.42. The molecule has 3 aliphatic carbocycles. The minimum atomic E-state index is -1.13. The summed E-state index contributed by atoms with van der Waals surface area (Å²) in [6.45, 7) is 1.74. The van der Waals surface area contributed by atoms with Crippen molar-refractivity contribution in [3.8, 4) is 0 Å². The maximum Gasteiger partial charge on any atom is 0.307 e. The van der Waals surface area contributed by atoms with E-state index in [1.165, 1.54) is 11.0 Å². The van der Waals surface area contributed by atoms with Crippen LogP contribution in [0.3, 0.4) is 0 Å². The summed E-state index contributed by atoms with van der Waals surface area (Å²) in [6, 6.07) is 23.6. The highest BCUT2D eigenvalue weighted by molar-refractivity contribution is 6.38. The van der Waals surface area contributed by atoms with Crippen LogP contribution in [0.25, 0.3) is 0 Å². The second-order valence-corrected chi connectivity index (χ2v) is 11.1. The van der Waals surface area contributed by atoms with E-state index in [1.807, 2.05) is 48.5 Å². The maximum absolute atomic E-state index is 14.4. The molecule has 7 nitrogen and oxygen atoms in total. The topological polar surface area (TPSA) is 92.0 Å². The fourth-order valence-corrected chi connectivity index (χ4v) is 7.25. The van der Waals surface area contributed by atoms with Crippen LogP contribution in [-0.2, 0) is 15.0 Å². The van der Waals surface area contributed by atoms with Crippen LogP contribution in [0.5, 0.6) is 0 Å². The number of anilines is 1. The van der Waals surface area contributed by atoms with Crippen molar-refractivity contribution in [1.82, 2.24) is 5.43 Å². The third-order valence-corrected chi connectivity index (χ3v) is 8.77. The number of nitrogens with zero attached hydrogens (tertiary/aromatic N) is 2. The predicted octanol–water partition coefficient (Wildman–Crippen LogP) is 5.86. The van der Waals surface area contributed by atoms with Crippen molar-refractivity contribution in [2.45, 2.75) is 18.3 Å². The number of benzene rings is 3. The molecule has 0 spiro atoms. The number of halogens is 2. The quantitative estimate of drug-likeness (QED) is 0.189. The molecule has 2 bridgehead atoms. The van der Waals surface area contributed by atoms with Crippen molar-refractivity contribution in [2.24, 2.45) is 16.9 Å². The van der Waals surface area contributed by atoms with Crippen molar-refractivity contribution in [1.29, 1.82) is 0 Å². The fraction of sp³-hybridized carbons (Fsp3) is 0.161. The smallest absolute Gasteiger partial charge is 0.307 e. The molecule has 1 aromatic heterocycles. The molecule has 3 aromatic carbocycles. The van der Waals surface area contributed by atoms with Gasteiger partial charge in [-0.1, -0.05) is 71.7 Å². The van der Waals surface area contributed by atoms with Crippen molar-refractivity contribution < 1.29 is 18.8 Å². The first-order chi connectivity index (χ1) is 19.3. The third kappa shape index (κ3) is 3.31. The van der Waals surface area contributed by atoms with Crippen LogP contribution in [0, 0.1) is 18.8 Å². The van der Waals surface area contributed by atoms with Crippen LogP contribution in [0.4, 0.5) is 5.69 Å². The molecule has 2 atom stereocenters. The van der Waals surface area contributed by atoms with Gasteiger partial charge in [0.25, 0.3) is 0 Å². The molecule has 1 saturated heterocycles. The van der Waals surface area contributed by atoms with Crippen molar-refractivity contribution in [3.05, 3.63) is 123 Å². The van der Waals surface area contributed by atoms with Crippen LogP contribution in [0.1, 0.15) is 44.5 Å². The van der Waals surface area contributed by atoms with E-state index in [0.717, 1.165) is 22.3 Å². The van der Waals surface area contributed by atoms with Crippen molar-refractivity contribution in [3.63, 3.8) is 0 Å². The highest BCUT2D eigenvalue weighted by Gasteiger charge is 2.68. The Morgan fingerprint density at radius 3 is 2.25 bits per heavy atom. The summed E-state index contributed by atoms with van der Waals surface area (Å²) in [4.78, 5) is 42.5. The molecule has 40 heavy (non-hydrogen) atoms. The lowest BCUT2D eigenvalue weighted by atomic mass is 9.47. The molecule has 0 saturated carbocycles. The standard InChI is InChI=1S/C31H21Cl2N3O4/c1-16-10-13-24(40-16)28(37)35-34-15-31-20-8-4-2-6-18(20)25(19-7-3-5-9-21(19)31)26-27(31)30(39)36(29(26)38)23-12-11-17(32)14-22(23)33/h2-15,25-27H,1H3,(H,35,37)/b34-15-/t25?,26-,27-,31?/m0/s1. The average Bonchev–Trinajstić information content (AvgIpc) is 3.50. The number of nitrogens with one attached hydrogen (secondary N) is 1. The van der Waals surface area contributed by atoms with Crippen LogP contribution >= 0.6 is 23.2 Å².